The largest absolute Gasteiger partial charge is 0.375 e. The maximum atomic E-state index is 6.11. The van der Waals surface area contributed by atoms with Crippen LogP contribution in [0.2, 0.25) is 0 Å². The molecule has 1 heterocycles. The number of rotatable bonds is 6. The second kappa shape index (κ2) is 5.01. The van der Waals surface area contributed by atoms with Crippen molar-refractivity contribution in [3.8, 4) is 0 Å². The summed E-state index contributed by atoms with van der Waals surface area (Å²) in [4.78, 5) is 0. The Morgan fingerprint density at radius 3 is 2.32 bits per heavy atom. The van der Waals surface area contributed by atoms with Gasteiger partial charge in [-0.05, 0) is 76.7 Å². The fraction of sp³-hybridized carbons (Fsp3) is 1.00. The summed E-state index contributed by atoms with van der Waals surface area (Å²) in [7, 11) is 0. The Kier molecular flexibility index (Phi) is 3.65. The number of nitrogens with two attached hydrogens (primary N) is 1. The van der Waals surface area contributed by atoms with Gasteiger partial charge in [-0.3, -0.25) is 0 Å². The Hall–Kier alpha value is -0.120. The monoisotopic (exact) mass is 266 g/mol. The molecule has 3 N–H and O–H groups in total. The van der Waals surface area contributed by atoms with Gasteiger partial charge < -0.3 is 15.8 Å². The Morgan fingerprint density at radius 2 is 1.84 bits per heavy atom. The lowest BCUT2D eigenvalue weighted by Crippen LogP contribution is -2.59. The number of nitrogens with one attached hydrogen (secondary N) is 1. The van der Waals surface area contributed by atoms with E-state index in [4.69, 9.17) is 10.5 Å². The van der Waals surface area contributed by atoms with Gasteiger partial charge >= 0.3 is 0 Å². The SMILES string of the molecule is CC1(C)CC(CN)(NCC(C2CC2)C2CC2)CCO1. The van der Waals surface area contributed by atoms with E-state index in [2.05, 4.69) is 19.2 Å². The van der Waals surface area contributed by atoms with E-state index in [1.54, 1.807) is 0 Å². The average Bonchev–Trinajstić information content (AvgIpc) is 3.22. The van der Waals surface area contributed by atoms with Gasteiger partial charge in [-0.2, -0.15) is 0 Å². The summed E-state index contributed by atoms with van der Waals surface area (Å²) >= 11 is 0. The summed E-state index contributed by atoms with van der Waals surface area (Å²) < 4.78 is 5.85. The molecular formula is C16H30N2O. The van der Waals surface area contributed by atoms with Crippen LogP contribution in [0, 0.1) is 17.8 Å². The Balaban J connectivity index is 1.59. The number of hydrogen-bond donors (Lipinski definition) is 2. The van der Waals surface area contributed by atoms with Crippen molar-refractivity contribution in [2.24, 2.45) is 23.5 Å². The topological polar surface area (TPSA) is 47.3 Å². The predicted molar refractivity (Wildman–Crippen MR) is 78.0 cm³/mol. The van der Waals surface area contributed by atoms with Gasteiger partial charge in [0.1, 0.15) is 0 Å². The third-order valence-corrected chi connectivity index (χ3v) is 5.40. The Labute approximate surface area is 117 Å². The molecule has 0 radical (unpaired) electrons. The summed E-state index contributed by atoms with van der Waals surface area (Å²) in [6, 6.07) is 0. The van der Waals surface area contributed by atoms with E-state index < -0.39 is 0 Å². The summed E-state index contributed by atoms with van der Waals surface area (Å²) in [5, 5.41) is 3.88. The van der Waals surface area contributed by atoms with Crippen LogP contribution in [0.15, 0.2) is 0 Å². The minimum absolute atomic E-state index is 0.0285. The third kappa shape index (κ3) is 3.32. The molecule has 0 spiro atoms. The van der Waals surface area contributed by atoms with E-state index in [9.17, 15) is 0 Å². The molecule has 1 saturated heterocycles. The van der Waals surface area contributed by atoms with Gasteiger partial charge in [0, 0.05) is 18.7 Å². The highest BCUT2D eigenvalue weighted by molar-refractivity contribution is 5.00. The van der Waals surface area contributed by atoms with E-state index >= 15 is 0 Å². The highest BCUT2D eigenvalue weighted by atomic mass is 16.5. The smallest absolute Gasteiger partial charge is 0.0644 e. The normalized spacial score (nSPS) is 34.7. The van der Waals surface area contributed by atoms with Crippen molar-refractivity contribution in [1.82, 2.24) is 5.32 Å². The number of ether oxygens (including phenoxy) is 1. The molecular weight excluding hydrogens is 236 g/mol. The van der Waals surface area contributed by atoms with Gasteiger partial charge in [0.05, 0.1) is 5.60 Å². The molecule has 110 valence electrons. The molecule has 1 unspecified atom stereocenters. The van der Waals surface area contributed by atoms with E-state index in [0.717, 1.165) is 43.7 Å². The zero-order valence-electron chi connectivity index (χ0n) is 12.6. The van der Waals surface area contributed by atoms with Gasteiger partial charge in [0.2, 0.25) is 0 Å². The molecule has 0 aromatic heterocycles. The predicted octanol–water partition coefficient (Wildman–Crippen LogP) is 2.30. The van der Waals surface area contributed by atoms with Crippen molar-refractivity contribution >= 4 is 0 Å². The molecule has 0 amide bonds. The fourth-order valence-electron chi connectivity index (χ4n) is 3.98. The zero-order chi connectivity index (χ0) is 13.5. The average molecular weight is 266 g/mol. The Morgan fingerprint density at radius 1 is 1.21 bits per heavy atom. The highest BCUT2D eigenvalue weighted by Crippen LogP contribution is 2.49. The first-order valence-corrected chi connectivity index (χ1v) is 8.13. The van der Waals surface area contributed by atoms with E-state index in [-0.39, 0.29) is 11.1 Å². The van der Waals surface area contributed by atoms with E-state index in [1.165, 1.54) is 32.2 Å². The maximum absolute atomic E-state index is 6.11. The van der Waals surface area contributed by atoms with Crippen LogP contribution in [0.25, 0.3) is 0 Å². The van der Waals surface area contributed by atoms with Crippen molar-refractivity contribution in [3.63, 3.8) is 0 Å². The molecule has 3 fully saturated rings. The highest BCUT2D eigenvalue weighted by Gasteiger charge is 2.44. The van der Waals surface area contributed by atoms with Crippen LogP contribution in [0.3, 0.4) is 0 Å². The third-order valence-electron chi connectivity index (χ3n) is 5.40. The Bertz CT molecular complexity index is 311. The summed E-state index contributed by atoms with van der Waals surface area (Å²) in [5.41, 5.74) is 6.20. The number of hydrogen-bond acceptors (Lipinski definition) is 3. The van der Waals surface area contributed by atoms with Crippen molar-refractivity contribution in [2.45, 2.75) is 63.5 Å². The van der Waals surface area contributed by atoms with Crippen LogP contribution < -0.4 is 11.1 Å². The molecule has 2 aliphatic carbocycles. The summed E-state index contributed by atoms with van der Waals surface area (Å²) in [5.74, 6) is 2.96. The zero-order valence-corrected chi connectivity index (χ0v) is 12.6. The molecule has 3 nitrogen and oxygen atoms in total. The molecule has 3 rings (SSSR count). The van der Waals surface area contributed by atoms with Crippen molar-refractivity contribution in [2.75, 3.05) is 19.7 Å². The van der Waals surface area contributed by atoms with Gasteiger partial charge in [0.25, 0.3) is 0 Å². The summed E-state index contributed by atoms with van der Waals surface area (Å²) in [6.07, 6.45) is 7.97. The van der Waals surface area contributed by atoms with Crippen LogP contribution in [0.4, 0.5) is 0 Å². The molecule has 3 heteroatoms. The van der Waals surface area contributed by atoms with E-state index in [0.29, 0.717) is 0 Å². The van der Waals surface area contributed by atoms with E-state index in [1.807, 2.05) is 0 Å². The second-order valence-electron chi connectivity index (χ2n) is 7.74. The minimum atomic E-state index is -0.0285. The molecule has 19 heavy (non-hydrogen) atoms. The lowest BCUT2D eigenvalue weighted by atomic mass is 9.80. The first-order chi connectivity index (χ1) is 9.04. The maximum Gasteiger partial charge on any atom is 0.0644 e. The van der Waals surface area contributed by atoms with Crippen molar-refractivity contribution in [3.05, 3.63) is 0 Å². The molecule has 0 aromatic carbocycles. The molecule has 0 aromatic rings. The fourth-order valence-corrected chi connectivity index (χ4v) is 3.98. The molecule has 1 aliphatic heterocycles. The lowest BCUT2D eigenvalue weighted by Gasteiger charge is -2.45. The first-order valence-electron chi connectivity index (χ1n) is 8.13. The van der Waals surface area contributed by atoms with Crippen LogP contribution >= 0.6 is 0 Å². The molecule has 3 aliphatic rings. The van der Waals surface area contributed by atoms with Crippen molar-refractivity contribution < 1.29 is 4.74 Å². The van der Waals surface area contributed by atoms with Crippen LogP contribution in [0.1, 0.15) is 52.4 Å². The quantitative estimate of drug-likeness (QED) is 0.775. The lowest BCUT2D eigenvalue weighted by molar-refractivity contribution is -0.0865. The van der Waals surface area contributed by atoms with Gasteiger partial charge in [0.15, 0.2) is 0 Å². The van der Waals surface area contributed by atoms with Gasteiger partial charge in [-0.1, -0.05) is 0 Å². The van der Waals surface area contributed by atoms with Crippen LogP contribution in [-0.2, 0) is 4.74 Å². The van der Waals surface area contributed by atoms with Gasteiger partial charge in [-0.15, -0.1) is 0 Å². The molecule has 2 saturated carbocycles. The van der Waals surface area contributed by atoms with Crippen molar-refractivity contribution in [1.29, 1.82) is 0 Å². The summed E-state index contributed by atoms with van der Waals surface area (Å²) in [6.45, 7) is 7.15. The minimum Gasteiger partial charge on any atom is -0.375 e. The van der Waals surface area contributed by atoms with Crippen LogP contribution in [0.5, 0.6) is 0 Å². The second-order valence-corrected chi connectivity index (χ2v) is 7.74. The van der Waals surface area contributed by atoms with Crippen LogP contribution in [-0.4, -0.2) is 30.8 Å². The van der Waals surface area contributed by atoms with Gasteiger partial charge in [-0.25, -0.2) is 0 Å². The standard InChI is InChI=1S/C16H30N2O/c1-15(2)10-16(11-17,7-8-19-15)18-9-14(12-3-4-12)13-5-6-13/h12-14,18H,3-11,17H2,1-2H3. The molecule has 1 atom stereocenters. The first kappa shape index (κ1) is 13.8. The molecule has 0 bridgehead atoms.